The van der Waals surface area contributed by atoms with Crippen molar-refractivity contribution in [3.63, 3.8) is 0 Å². The molecule has 0 unspecified atom stereocenters. The minimum atomic E-state index is 0.267. The maximum absolute atomic E-state index is 6.31. The molecular formula is C13H6BrCl4N3. The number of hydrogen-bond donors (Lipinski definition) is 1. The Bertz CT molecular complexity index is 876. The van der Waals surface area contributed by atoms with Crippen molar-refractivity contribution in [2.45, 2.75) is 0 Å². The molecule has 0 saturated heterocycles. The van der Waals surface area contributed by atoms with Crippen molar-refractivity contribution in [1.29, 1.82) is 0 Å². The predicted octanol–water partition coefficient (Wildman–Crippen LogP) is 5.98. The van der Waals surface area contributed by atoms with Gasteiger partial charge in [0.2, 0.25) is 5.95 Å². The highest BCUT2D eigenvalue weighted by atomic mass is 79.9. The van der Waals surface area contributed by atoms with Crippen molar-refractivity contribution in [1.82, 2.24) is 9.55 Å². The number of hydrogen-bond acceptors (Lipinski definition) is 2. The second kappa shape index (κ2) is 5.52. The molecule has 0 aliphatic carbocycles. The van der Waals surface area contributed by atoms with Gasteiger partial charge in [0.05, 0.1) is 36.8 Å². The third-order valence-electron chi connectivity index (χ3n) is 2.98. The smallest absolute Gasteiger partial charge is 0.205 e. The Kier molecular flexibility index (Phi) is 4.01. The number of rotatable bonds is 1. The quantitative estimate of drug-likeness (QED) is 0.487. The molecule has 108 valence electrons. The molecule has 0 radical (unpaired) electrons. The number of nitrogens with zero attached hydrogens (tertiary/aromatic N) is 2. The van der Waals surface area contributed by atoms with Gasteiger partial charge in [0.25, 0.3) is 0 Å². The van der Waals surface area contributed by atoms with Crippen LogP contribution in [0.2, 0.25) is 20.1 Å². The Morgan fingerprint density at radius 3 is 2.38 bits per heavy atom. The van der Waals surface area contributed by atoms with Crippen molar-refractivity contribution >= 4 is 79.3 Å². The van der Waals surface area contributed by atoms with Gasteiger partial charge >= 0.3 is 0 Å². The lowest BCUT2D eigenvalue weighted by Crippen LogP contribution is -2.01. The van der Waals surface area contributed by atoms with Crippen LogP contribution >= 0.6 is 62.3 Å². The van der Waals surface area contributed by atoms with Crippen molar-refractivity contribution in [2.75, 3.05) is 5.73 Å². The summed E-state index contributed by atoms with van der Waals surface area (Å²) in [5, 5.41) is 1.58. The SMILES string of the molecule is Nc1nc2cc(Cl)c(Cl)cc2n1-c1ccc(Br)c(Cl)c1Cl. The van der Waals surface area contributed by atoms with Gasteiger partial charge in [-0.25, -0.2) is 4.98 Å². The van der Waals surface area contributed by atoms with Crippen LogP contribution < -0.4 is 5.73 Å². The van der Waals surface area contributed by atoms with E-state index in [-0.39, 0.29) is 5.95 Å². The van der Waals surface area contributed by atoms with Gasteiger partial charge in [-0.2, -0.15) is 0 Å². The summed E-state index contributed by atoms with van der Waals surface area (Å²) in [4.78, 5) is 4.27. The highest BCUT2D eigenvalue weighted by Crippen LogP contribution is 2.38. The van der Waals surface area contributed by atoms with Crippen LogP contribution in [0, 0.1) is 0 Å². The fourth-order valence-corrected chi connectivity index (χ4v) is 3.20. The second-order valence-corrected chi connectivity index (χ2v) is 6.68. The van der Waals surface area contributed by atoms with E-state index in [0.717, 1.165) is 0 Å². The number of benzene rings is 2. The van der Waals surface area contributed by atoms with E-state index in [9.17, 15) is 0 Å². The lowest BCUT2D eigenvalue weighted by atomic mass is 10.2. The molecule has 0 bridgehead atoms. The number of halogens is 5. The van der Waals surface area contributed by atoms with Gasteiger partial charge in [-0.3, -0.25) is 4.57 Å². The summed E-state index contributed by atoms with van der Waals surface area (Å²) in [6.07, 6.45) is 0. The lowest BCUT2D eigenvalue weighted by Gasteiger charge is -2.11. The summed E-state index contributed by atoms with van der Waals surface area (Å²) in [7, 11) is 0. The molecule has 1 aromatic heterocycles. The van der Waals surface area contributed by atoms with E-state index in [0.29, 0.717) is 41.3 Å². The first-order chi connectivity index (χ1) is 9.90. The molecule has 0 aliphatic heterocycles. The summed E-state index contributed by atoms with van der Waals surface area (Å²) >= 11 is 27.9. The summed E-state index contributed by atoms with van der Waals surface area (Å²) in [5.41, 5.74) is 7.93. The van der Waals surface area contributed by atoms with Crippen LogP contribution in [0.4, 0.5) is 5.95 Å². The van der Waals surface area contributed by atoms with E-state index in [1.165, 1.54) is 0 Å². The van der Waals surface area contributed by atoms with E-state index < -0.39 is 0 Å². The van der Waals surface area contributed by atoms with Gasteiger partial charge < -0.3 is 5.73 Å². The van der Waals surface area contributed by atoms with Gasteiger partial charge in [-0.05, 0) is 40.2 Å². The number of fused-ring (bicyclic) bond motifs is 1. The topological polar surface area (TPSA) is 43.8 Å². The van der Waals surface area contributed by atoms with Crippen molar-refractivity contribution in [2.24, 2.45) is 0 Å². The molecule has 0 amide bonds. The second-order valence-electron chi connectivity index (χ2n) is 4.25. The van der Waals surface area contributed by atoms with Gasteiger partial charge in [0, 0.05) is 4.47 Å². The lowest BCUT2D eigenvalue weighted by molar-refractivity contribution is 1.11. The summed E-state index contributed by atoms with van der Waals surface area (Å²) < 4.78 is 2.38. The minimum absolute atomic E-state index is 0.267. The van der Waals surface area contributed by atoms with Crippen molar-refractivity contribution < 1.29 is 0 Å². The number of aromatic nitrogens is 2. The fourth-order valence-electron chi connectivity index (χ4n) is 2.03. The van der Waals surface area contributed by atoms with E-state index in [2.05, 4.69) is 20.9 Å². The number of nitrogens with two attached hydrogens (primary N) is 1. The molecule has 0 atom stereocenters. The monoisotopic (exact) mass is 423 g/mol. The first-order valence-electron chi connectivity index (χ1n) is 5.67. The molecule has 2 aromatic carbocycles. The molecule has 0 spiro atoms. The average Bonchev–Trinajstić information content (AvgIpc) is 2.73. The zero-order valence-electron chi connectivity index (χ0n) is 10.2. The van der Waals surface area contributed by atoms with E-state index in [1.807, 2.05) is 0 Å². The van der Waals surface area contributed by atoms with Crippen LogP contribution in [0.15, 0.2) is 28.7 Å². The predicted molar refractivity (Wildman–Crippen MR) is 93.2 cm³/mol. The van der Waals surface area contributed by atoms with Crippen LogP contribution in [0.5, 0.6) is 0 Å². The molecular weight excluding hydrogens is 420 g/mol. The molecule has 0 fully saturated rings. The van der Waals surface area contributed by atoms with Crippen LogP contribution in [0.1, 0.15) is 0 Å². The number of imidazole rings is 1. The standard InChI is InChI=1S/C13H6BrCl4N3/c14-5-1-2-9(12(18)11(5)17)21-10-4-7(16)6(15)3-8(10)20-13(21)19/h1-4H,(H2,19,20). The normalized spacial score (nSPS) is 11.3. The van der Waals surface area contributed by atoms with E-state index in [4.69, 9.17) is 52.1 Å². The van der Waals surface area contributed by atoms with E-state index >= 15 is 0 Å². The Balaban J connectivity index is 2.38. The van der Waals surface area contributed by atoms with Crippen molar-refractivity contribution in [3.8, 4) is 5.69 Å². The molecule has 21 heavy (non-hydrogen) atoms. The molecule has 1 heterocycles. The number of nitrogen functional groups attached to an aromatic ring is 1. The van der Waals surface area contributed by atoms with Crippen LogP contribution in [-0.2, 0) is 0 Å². The summed E-state index contributed by atoms with van der Waals surface area (Å²) in [6.45, 7) is 0. The summed E-state index contributed by atoms with van der Waals surface area (Å²) in [6, 6.07) is 6.92. The Hall–Kier alpha value is -0.650. The minimum Gasteiger partial charge on any atom is -0.369 e. The first kappa shape index (κ1) is 15.3. The van der Waals surface area contributed by atoms with Crippen LogP contribution in [0.3, 0.4) is 0 Å². The zero-order valence-corrected chi connectivity index (χ0v) is 14.8. The largest absolute Gasteiger partial charge is 0.369 e. The molecule has 3 nitrogen and oxygen atoms in total. The zero-order chi connectivity index (χ0) is 15.3. The van der Waals surface area contributed by atoms with Gasteiger partial charge in [0.1, 0.15) is 0 Å². The maximum atomic E-state index is 6.31. The maximum Gasteiger partial charge on any atom is 0.205 e. The van der Waals surface area contributed by atoms with Gasteiger partial charge in [-0.15, -0.1) is 0 Å². The Morgan fingerprint density at radius 2 is 1.67 bits per heavy atom. The van der Waals surface area contributed by atoms with Gasteiger partial charge in [-0.1, -0.05) is 46.4 Å². The number of anilines is 1. The molecule has 8 heteroatoms. The fraction of sp³-hybridized carbons (Fsp3) is 0. The van der Waals surface area contributed by atoms with Crippen LogP contribution in [-0.4, -0.2) is 9.55 Å². The Labute approximate surface area is 148 Å². The highest BCUT2D eigenvalue weighted by Gasteiger charge is 2.17. The molecule has 2 N–H and O–H groups in total. The molecule has 0 aliphatic rings. The molecule has 0 saturated carbocycles. The summed E-state index contributed by atoms with van der Waals surface area (Å²) in [5.74, 6) is 0.267. The molecule has 3 aromatic rings. The van der Waals surface area contributed by atoms with Crippen molar-refractivity contribution in [3.05, 3.63) is 48.8 Å². The Morgan fingerprint density at radius 1 is 1.00 bits per heavy atom. The third-order valence-corrected chi connectivity index (χ3v) is 5.46. The molecule has 3 rings (SSSR count). The third kappa shape index (κ3) is 2.49. The first-order valence-corrected chi connectivity index (χ1v) is 7.97. The van der Waals surface area contributed by atoms with E-state index in [1.54, 1.807) is 28.8 Å². The van der Waals surface area contributed by atoms with Crippen LogP contribution in [0.25, 0.3) is 16.7 Å². The average molecular weight is 426 g/mol. The highest BCUT2D eigenvalue weighted by molar-refractivity contribution is 9.10. The van der Waals surface area contributed by atoms with Gasteiger partial charge in [0.15, 0.2) is 0 Å².